The second kappa shape index (κ2) is 13.5. The van der Waals surface area contributed by atoms with E-state index in [-0.39, 0.29) is 17.3 Å². The van der Waals surface area contributed by atoms with E-state index in [0.29, 0.717) is 18.6 Å². The number of carbonyl (C=O) groups excluding carboxylic acids is 2. The lowest BCUT2D eigenvalue weighted by Crippen LogP contribution is -2.51. The molecule has 0 unspecified atom stereocenters. The van der Waals surface area contributed by atoms with Crippen molar-refractivity contribution in [2.24, 2.45) is 5.92 Å². The normalized spacial score (nSPS) is 23.0. The zero-order valence-corrected chi connectivity index (χ0v) is 24.1. The third-order valence-electron chi connectivity index (χ3n) is 8.50. The predicted octanol–water partition coefficient (Wildman–Crippen LogP) is 4.48. The van der Waals surface area contributed by atoms with Crippen LogP contribution in [0.4, 0.5) is 5.82 Å². The molecular formula is C32H44N6O2. The minimum absolute atomic E-state index is 0.155. The SMILES string of the molecule is CC/C=C\C=C(/C(C)=O)C(=O)NCc1ccc2ncc(NC3CCC(N4CCN(CC5CC5)CC4)CC3)nc2c1. The zero-order valence-electron chi connectivity index (χ0n) is 24.1. The molecule has 2 heterocycles. The maximum atomic E-state index is 12.6. The van der Waals surface area contributed by atoms with E-state index in [1.807, 2.05) is 37.4 Å². The van der Waals surface area contributed by atoms with Gasteiger partial charge in [0.05, 0.1) is 22.8 Å². The van der Waals surface area contributed by atoms with Gasteiger partial charge in [-0.2, -0.15) is 0 Å². The van der Waals surface area contributed by atoms with Gasteiger partial charge in [0.25, 0.3) is 5.91 Å². The second-order valence-electron chi connectivity index (χ2n) is 11.7. The van der Waals surface area contributed by atoms with E-state index in [2.05, 4.69) is 25.4 Å². The first kappa shape index (κ1) is 28.4. The number of hydrogen-bond acceptors (Lipinski definition) is 7. The lowest BCUT2D eigenvalue weighted by Gasteiger charge is -2.42. The number of benzene rings is 1. The number of carbonyl (C=O) groups is 2. The van der Waals surface area contributed by atoms with Crippen LogP contribution in [0.1, 0.15) is 64.4 Å². The Morgan fingerprint density at radius 3 is 2.50 bits per heavy atom. The van der Waals surface area contributed by atoms with Crippen molar-refractivity contribution < 1.29 is 9.59 Å². The van der Waals surface area contributed by atoms with Crippen molar-refractivity contribution in [3.63, 3.8) is 0 Å². The molecular weight excluding hydrogens is 500 g/mol. The number of ketones is 1. The molecule has 8 heteroatoms. The summed E-state index contributed by atoms with van der Waals surface area (Å²) >= 11 is 0. The molecule has 5 rings (SSSR count). The van der Waals surface area contributed by atoms with Crippen LogP contribution in [-0.4, -0.2) is 76.3 Å². The fourth-order valence-corrected chi connectivity index (χ4v) is 5.94. The first-order valence-corrected chi connectivity index (χ1v) is 15.1. The summed E-state index contributed by atoms with van der Waals surface area (Å²) in [5, 5.41) is 6.50. The molecule has 0 spiro atoms. The van der Waals surface area contributed by atoms with Crippen molar-refractivity contribution in [1.82, 2.24) is 25.1 Å². The van der Waals surface area contributed by atoms with E-state index in [1.165, 1.54) is 65.3 Å². The van der Waals surface area contributed by atoms with Crippen molar-refractivity contribution in [3.05, 3.63) is 53.8 Å². The van der Waals surface area contributed by atoms with Crippen LogP contribution in [-0.2, 0) is 16.1 Å². The first-order chi connectivity index (χ1) is 19.5. The number of fused-ring (bicyclic) bond motifs is 1. The molecule has 1 amide bonds. The maximum absolute atomic E-state index is 12.6. The molecule has 0 bridgehead atoms. The van der Waals surface area contributed by atoms with Gasteiger partial charge in [0.1, 0.15) is 5.82 Å². The highest BCUT2D eigenvalue weighted by atomic mass is 16.2. The zero-order chi connectivity index (χ0) is 27.9. The third-order valence-corrected chi connectivity index (χ3v) is 8.50. The fraction of sp³-hybridized carbons (Fsp3) is 0.562. The highest BCUT2D eigenvalue weighted by molar-refractivity contribution is 6.18. The number of aromatic nitrogens is 2. The Morgan fingerprint density at radius 1 is 1.02 bits per heavy atom. The van der Waals surface area contributed by atoms with Crippen LogP contribution < -0.4 is 10.6 Å². The van der Waals surface area contributed by atoms with Crippen LogP contribution in [0.15, 0.2) is 48.2 Å². The summed E-state index contributed by atoms with van der Waals surface area (Å²) in [5.74, 6) is 1.17. The average Bonchev–Trinajstić information content (AvgIpc) is 3.78. The van der Waals surface area contributed by atoms with E-state index in [1.54, 1.807) is 12.2 Å². The molecule has 214 valence electrons. The molecule has 1 aliphatic heterocycles. The summed E-state index contributed by atoms with van der Waals surface area (Å²) < 4.78 is 0. The summed E-state index contributed by atoms with van der Waals surface area (Å²) in [6.45, 7) is 9.96. The van der Waals surface area contributed by atoms with E-state index >= 15 is 0 Å². The van der Waals surface area contributed by atoms with Crippen molar-refractivity contribution in [1.29, 1.82) is 0 Å². The molecule has 2 saturated carbocycles. The standard InChI is InChI=1S/C32H44N6O2/c1-3-4-5-6-28(23(2)39)32(40)34-20-25-9-14-29-30(19-25)36-31(21-33-29)35-26-10-12-27(13-11-26)38-17-15-37(16-18-38)22-24-7-8-24/h4-6,9,14,19,21,24,26-27H,3,7-8,10-13,15-18,20,22H2,1-2H3,(H,34,40)(H,35,36)/b5-4-,28-6+. The number of Topliss-reactive ketones (excluding diaryl/α,β-unsaturated/α-hetero) is 1. The van der Waals surface area contributed by atoms with Crippen molar-refractivity contribution in [3.8, 4) is 0 Å². The molecule has 8 nitrogen and oxygen atoms in total. The number of hydrogen-bond donors (Lipinski definition) is 2. The van der Waals surface area contributed by atoms with Crippen molar-refractivity contribution >= 4 is 28.5 Å². The quantitative estimate of drug-likeness (QED) is 0.187. The number of piperazine rings is 1. The molecule has 2 aromatic rings. The maximum Gasteiger partial charge on any atom is 0.255 e. The van der Waals surface area contributed by atoms with Gasteiger partial charge < -0.3 is 15.5 Å². The van der Waals surface area contributed by atoms with Gasteiger partial charge in [-0.3, -0.25) is 19.5 Å². The third kappa shape index (κ3) is 7.76. The van der Waals surface area contributed by atoms with Crippen LogP contribution in [0.25, 0.3) is 11.0 Å². The summed E-state index contributed by atoms with van der Waals surface area (Å²) in [5.41, 5.74) is 2.68. The number of nitrogens with one attached hydrogen (secondary N) is 2. The molecule has 2 aliphatic carbocycles. The van der Waals surface area contributed by atoms with Gasteiger partial charge >= 0.3 is 0 Å². The first-order valence-electron chi connectivity index (χ1n) is 15.1. The Hall–Kier alpha value is -3.10. The minimum Gasteiger partial charge on any atom is -0.366 e. The number of anilines is 1. The Kier molecular flexibility index (Phi) is 9.60. The Bertz CT molecular complexity index is 1240. The van der Waals surface area contributed by atoms with E-state index in [9.17, 15) is 9.59 Å². The Balaban J connectivity index is 1.11. The van der Waals surface area contributed by atoms with Crippen LogP contribution >= 0.6 is 0 Å². The molecule has 3 fully saturated rings. The number of allylic oxidation sites excluding steroid dienone is 3. The topological polar surface area (TPSA) is 90.5 Å². The van der Waals surface area contributed by atoms with Gasteiger partial charge in [-0.1, -0.05) is 25.1 Å². The van der Waals surface area contributed by atoms with E-state index in [0.717, 1.165) is 47.6 Å². The summed E-state index contributed by atoms with van der Waals surface area (Å²) in [7, 11) is 0. The van der Waals surface area contributed by atoms with Crippen LogP contribution in [0, 0.1) is 5.92 Å². The highest BCUT2D eigenvalue weighted by Crippen LogP contribution is 2.31. The van der Waals surface area contributed by atoms with Crippen LogP contribution in [0.5, 0.6) is 0 Å². The molecule has 0 radical (unpaired) electrons. The molecule has 1 saturated heterocycles. The summed E-state index contributed by atoms with van der Waals surface area (Å²) in [6.07, 6.45) is 15.6. The summed E-state index contributed by atoms with van der Waals surface area (Å²) in [4.78, 5) is 39.4. The molecule has 1 aromatic carbocycles. The van der Waals surface area contributed by atoms with Gasteiger partial charge in [0.15, 0.2) is 5.78 Å². The fourth-order valence-electron chi connectivity index (χ4n) is 5.94. The van der Waals surface area contributed by atoms with Crippen molar-refractivity contribution in [2.45, 2.75) is 77.4 Å². The summed E-state index contributed by atoms with van der Waals surface area (Å²) in [6, 6.07) is 6.95. The van der Waals surface area contributed by atoms with Crippen LogP contribution in [0.2, 0.25) is 0 Å². The smallest absolute Gasteiger partial charge is 0.255 e. The largest absolute Gasteiger partial charge is 0.366 e. The highest BCUT2D eigenvalue weighted by Gasteiger charge is 2.30. The molecule has 0 atom stereocenters. The van der Waals surface area contributed by atoms with Gasteiger partial charge in [-0.15, -0.1) is 0 Å². The monoisotopic (exact) mass is 544 g/mol. The average molecular weight is 545 g/mol. The van der Waals surface area contributed by atoms with E-state index in [4.69, 9.17) is 4.98 Å². The number of amides is 1. The van der Waals surface area contributed by atoms with Gasteiger partial charge in [0.2, 0.25) is 0 Å². The Morgan fingerprint density at radius 2 is 1.80 bits per heavy atom. The number of nitrogens with zero attached hydrogens (tertiary/aromatic N) is 4. The molecule has 1 aromatic heterocycles. The van der Waals surface area contributed by atoms with Gasteiger partial charge in [-0.25, -0.2) is 4.98 Å². The Labute approximate surface area is 238 Å². The predicted molar refractivity (Wildman–Crippen MR) is 160 cm³/mol. The minimum atomic E-state index is -0.370. The molecule has 3 aliphatic rings. The molecule has 2 N–H and O–H groups in total. The molecule has 40 heavy (non-hydrogen) atoms. The second-order valence-corrected chi connectivity index (χ2v) is 11.7. The van der Waals surface area contributed by atoms with Crippen molar-refractivity contribution in [2.75, 3.05) is 38.0 Å². The van der Waals surface area contributed by atoms with Gasteiger partial charge in [-0.05, 0) is 81.6 Å². The van der Waals surface area contributed by atoms with Gasteiger partial charge in [0, 0.05) is 51.4 Å². The number of rotatable bonds is 11. The lowest BCUT2D eigenvalue weighted by atomic mass is 9.89. The lowest BCUT2D eigenvalue weighted by molar-refractivity contribution is -0.121. The van der Waals surface area contributed by atoms with Crippen LogP contribution in [0.3, 0.4) is 0 Å². The van der Waals surface area contributed by atoms with E-state index < -0.39 is 0 Å².